The number of hydrogen-bond donors (Lipinski definition) is 1. The third-order valence-electron chi connectivity index (χ3n) is 13.6. The van der Waals surface area contributed by atoms with E-state index in [2.05, 4.69) is 40.1 Å². The van der Waals surface area contributed by atoms with Gasteiger partial charge in [-0.1, -0.05) is 78.4 Å². The number of methoxy groups -OCH3 is 1. The maximum absolute atomic E-state index is 14.7. The number of carbonyl (C=O) groups excluding carboxylic acids is 4. The van der Waals surface area contributed by atoms with Crippen LogP contribution in [0.15, 0.2) is 90.5 Å². The van der Waals surface area contributed by atoms with Crippen molar-refractivity contribution >= 4 is 23.6 Å². The summed E-state index contributed by atoms with van der Waals surface area (Å²) >= 11 is 0. The van der Waals surface area contributed by atoms with Gasteiger partial charge in [0.05, 0.1) is 30.8 Å². The van der Waals surface area contributed by atoms with Crippen LogP contribution >= 0.6 is 0 Å². The molecule has 4 amide bonds. The highest BCUT2D eigenvalue weighted by molar-refractivity contribution is 6.08. The molecule has 1 N–H and O–H groups in total. The summed E-state index contributed by atoms with van der Waals surface area (Å²) in [4.78, 5) is 66.1. The summed E-state index contributed by atoms with van der Waals surface area (Å²) in [6.45, 7) is 4.88. The van der Waals surface area contributed by atoms with Crippen molar-refractivity contribution in [1.29, 1.82) is 0 Å². The average molecular weight is 743 g/mol. The third kappa shape index (κ3) is 6.37. The molecule has 6 aliphatic rings. The number of aromatic hydroxyl groups is 1. The molecular formula is C45H50N4O6. The van der Waals surface area contributed by atoms with Crippen LogP contribution in [0.1, 0.15) is 61.1 Å². The van der Waals surface area contributed by atoms with Gasteiger partial charge in [0.25, 0.3) is 0 Å². The highest BCUT2D eigenvalue weighted by atomic mass is 16.5. The molecular weight excluding hydrogens is 693 g/mol. The van der Waals surface area contributed by atoms with Gasteiger partial charge in [-0.2, -0.15) is 0 Å². The number of phenolic OH excluding ortho intramolecular Hbond substituents is 1. The molecule has 1 saturated carbocycles. The van der Waals surface area contributed by atoms with Crippen LogP contribution in [-0.4, -0.2) is 93.7 Å². The summed E-state index contributed by atoms with van der Waals surface area (Å²) in [5, 5.41) is 10.5. The molecule has 286 valence electrons. The van der Waals surface area contributed by atoms with Gasteiger partial charge in [0.1, 0.15) is 0 Å². The molecule has 10 nitrogen and oxygen atoms in total. The maximum Gasteiger partial charge on any atom is 0.234 e. The Kier molecular flexibility index (Phi) is 9.58. The van der Waals surface area contributed by atoms with E-state index in [-0.39, 0.29) is 47.4 Å². The number of phenols is 1. The molecule has 9 rings (SSSR count). The summed E-state index contributed by atoms with van der Waals surface area (Å²) in [5.74, 6) is -3.27. The number of likely N-dealkylation sites (tertiary alicyclic amines) is 4. The molecule has 3 aromatic rings. The van der Waals surface area contributed by atoms with Crippen LogP contribution in [0.4, 0.5) is 0 Å². The fourth-order valence-electron chi connectivity index (χ4n) is 11.0. The quantitative estimate of drug-likeness (QED) is 0.243. The Balaban J connectivity index is 0.973. The number of ether oxygens (including phenoxy) is 1. The SMILES string of the molecule is COc1cc(C2C3=CCC4C(=O)N(C5CCN(Cc6ccccc6)CC5)C(=O)C4C3CC3C(=O)N(C4CCN(Cc5ccccc5)CC4)C(=O)C32)ccc1O. The van der Waals surface area contributed by atoms with E-state index < -0.39 is 29.6 Å². The minimum Gasteiger partial charge on any atom is -0.504 e. The second-order valence-electron chi connectivity index (χ2n) is 16.5. The Morgan fingerprint density at radius 3 is 1.71 bits per heavy atom. The molecule has 10 heteroatoms. The fraction of sp³-hybridized carbons (Fsp3) is 0.467. The first-order valence-corrected chi connectivity index (χ1v) is 20.1. The number of rotatable bonds is 8. The zero-order chi connectivity index (χ0) is 37.8. The lowest BCUT2D eigenvalue weighted by Gasteiger charge is -2.44. The molecule has 6 atom stereocenters. The number of fused-ring (bicyclic) bond motifs is 4. The number of piperidine rings is 2. The Bertz CT molecular complexity index is 1990. The smallest absolute Gasteiger partial charge is 0.234 e. The number of nitrogens with zero attached hydrogens (tertiary/aromatic N) is 4. The summed E-state index contributed by atoms with van der Waals surface area (Å²) in [6.07, 6.45) is 5.81. The molecule has 0 bridgehead atoms. The molecule has 4 aliphatic heterocycles. The molecule has 6 unspecified atom stereocenters. The molecule has 3 aromatic carbocycles. The molecule has 0 radical (unpaired) electrons. The molecule has 55 heavy (non-hydrogen) atoms. The van der Waals surface area contributed by atoms with Gasteiger partial charge in [-0.25, -0.2) is 0 Å². The first-order chi connectivity index (χ1) is 26.8. The van der Waals surface area contributed by atoms with Crippen molar-refractivity contribution in [2.24, 2.45) is 29.6 Å². The molecule has 5 fully saturated rings. The van der Waals surface area contributed by atoms with Crippen molar-refractivity contribution in [3.63, 3.8) is 0 Å². The maximum atomic E-state index is 14.7. The first kappa shape index (κ1) is 35.9. The lowest BCUT2D eigenvalue weighted by Crippen LogP contribution is -2.48. The normalized spacial score (nSPS) is 29.3. The van der Waals surface area contributed by atoms with Gasteiger partial charge in [-0.15, -0.1) is 0 Å². The van der Waals surface area contributed by atoms with Crippen LogP contribution in [-0.2, 0) is 32.3 Å². The van der Waals surface area contributed by atoms with E-state index in [1.807, 2.05) is 42.5 Å². The van der Waals surface area contributed by atoms with E-state index in [0.717, 1.165) is 63.2 Å². The van der Waals surface area contributed by atoms with E-state index in [0.29, 0.717) is 31.4 Å². The molecule has 0 spiro atoms. The summed E-state index contributed by atoms with van der Waals surface area (Å²) in [7, 11) is 1.50. The molecule has 4 saturated heterocycles. The zero-order valence-electron chi connectivity index (χ0n) is 31.5. The summed E-state index contributed by atoms with van der Waals surface area (Å²) in [5.41, 5.74) is 4.24. The van der Waals surface area contributed by atoms with Crippen LogP contribution in [0.5, 0.6) is 11.5 Å². The fourth-order valence-corrected chi connectivity index (χ4v) is 11.0. The van der Waals surface area contributed by atoms with Gasteiger partial charge in [-0.3, -0.25) is 38.8 Å². The van der Waals surface area contributed by atoms with Crippen molar-refractivity contribution in [2.75, 3.05) is 33.3 Å². The number of hydrogen-bond acceptors (Lipinski definition) is 8. The van der Waals surface area contributed by atoms with Crippen LogP contribution < -0.4 is 4.74 Å². The number of benzene rings is 3. The lowest BCUT2D eigenvalue weighted by molar-refractivity contribution is -0.146. The first-order valence-electron chi connectivity index (χ1n) is 20.1. The van der Waals surface area contributed by atoms with E-state index in [1.165, 1.54) is 18.2 Å². The van der Waals surface area contributed by atoms with Gasteiger partial charge >= 0.3 is 0 Å². The summed E-state index contributed by atoms with van der Waals surface area (Å²) in [6, 6.07) is 25.6. The minimum atomic E-state index is -0.625. The summed E-state index contributed by atoms with van der Waals surface area (Å²) < 4.78 is 5.52. The molecule has 2 aliphatic carbocycles. The molecule has 4 heterocycles. The predicted octanol–water partition coefficient (Wildman–Crippen LogP) is 5.37. The number of imide groups is 2. The van der Waals surface area contributed by atoms with E-state index in [9.17, 15) is 24.3 Å². The number of allylic oxidation sites excluding steroid dienone is 2. The zero-order valence-corrected chi connectivity index (χ0v) is 31.5. The Morgan fingerprint density at radius 1 is 0.636 bits per heavy atom. The van der Waals surface area contributed by atoms with E-state index in [1.54, 1.807) is 21.9 Å². The predicted molar refractivity (Wildman–Crippen MR) is 205 cm³/mol. The highest BCUT2D eigenvalue weighted by Gasteiger charge is 2.63. The second kappa shape index (κ2) is 14.7. The Hall–Kier alpha value is -4.80. The van der Waals surface area contributed by atoms with Gasteiger partial charge in [0, 0.05) is 57.3 Å². The highest BCUT2D eigenvalue weighted by Crippen LogP contribution is 2.59. The van der Waals surface area contributed by atoms with Gasteiger partial charge in [0.2, 0.25) is 23.6 Å². The number of carbonyl (C=O) groups is 4. The van der Waals surface area contributed by atoms with Crippen LogP contribution in [0.2, 0.25) is 0 Å². The Morgan fingerprint density at radius 2 is 1.16 bits per heavy atom. The van der Waals surface area contributed by atoms with Gasteiger partial charge in [-0.05, 0) is 73.3 Å². The van der Waals surface area contributed by atoms with Crippen molar-refractivity contribution in [3.8, 4) is 11.5 Å². The van der Waals surface area contributed by atoms with Crippen molar-refractivity contribution < 1.29 is 29.0 Å². The minimum absolute atomic E-state index is 0.00686. The Labute approximate surface area is 322 Å². The van der Waals surface area contributed by atoms with E-state index in [4.69, 9.17) is 4.74 Å². The van der Waals surface area contributed by atoms with Gasteiger partial charge in [0.15, 0.2) is 11.5 Å². The van der Waals surface area contributed by atoms with Gasteiger partial charge < -0.3 is 9.84 Å². The monoisotopic (exact) mass is 742 g/mol. The van der Waals surface area contributed by atoms with Crippen molar-refractivity contribution in [2.45, 2.75) is 69.6 Å². The standard InChI is InChI=1S/C45H50N4O6/c1-55-38-24-30(12-15-37(38)50)39-33-13-14-34-40(44(53)48(42(34)51)31-16-20-46(21-17-31)26-28-8-4-2-5-9-28)35(33)25-36-41(39)45(54)49(43(36)52)32-18-22-47(23-19-32)27-29-10-6-3-7-11-29/h2-13,15,24,31-32,34-36,39-41,50H,14,16-23,25-27H2,1H3. The average Bonchev–Trinajstić information content (AvgIpc) is 3.62. The van der Waals surface area contributed by atoms with Crippen molar-refractivity contribution in [1.82, 2.24) is 19.6 Å². The van der Waals surface area contributed by atoms with Crippen LogP contribution in [0.25, 0.3) is 0 Å². The molecule has 0 aromatic heterocycles. The van der Waals surface area contributed by atoms with Crippen LogP contribution in [0.3, 0.4) is 0 Å². The number of amides is 4. The topological polar surface area (TPSA) is 111 Å². The third-order valence-corrected chi connectivity index (χ3v) is 13.6. The van der Waals surface area contributed by atoms with Crippen LogP contribution in [0, 0.1) is 29.6 Å². The lowest BCUT2D eigenvalue weighted by atomic mass is 9.57. The van der Waals surface area contributed by atoms with Crippen molar-refractivity contribution in [3.05, 3.63) is 107 Å². The van der Waals surface area contributed by atoms with E-state index >= 15 is 0 Å². The second-order valence-corrected chi connectivity index (χ2v) is 16.5. The largest absolute Gasteiger partial charge is 0.504 e.